The maximum absolute atomic E-state index is 14.6. The lowest BCUT2D eigenvalue weighted by molar-refractivity contribution is 0.0633. The quantitative estimate of drug-likeness (QED) is 0.180. The fourth-order valence-electron chi connectivity index (χ4n) is 3.79. The molecular weight excluding hydrogens is 667 g/mol. The first-order chi connectivity index (χ1) is 24.8. The molecule has 3 heterocycles. The van der Waals surface area contributed by atoms with Crippen LogP contribution in [0.5, 0.6) is 17.5 Å². The monoisotopic (exact) mass is 734 g/mol. The van der Waals surface area contributed by atoms with Crippen LogP contribution >= 0.6 is 0 Å². The van der Waals surface area contributed by atoms with Crippen LogP contribution in [0.25, 0.3) is 17.0 Å². The molecule has 1 aliphatic rings. The maximum atomic E-state index is 14.6. The highest BCUT2D eigenvalue weighted by molar-refractivity contribution is 5.66. The molecule has 0 aromatic carbocycles. The molecule has 11 heteroatoms. The van der Waals surface area contributed by atoms with Gasteiger partial charge >= 0.3 is 0 Å². The van der Waals surface area contributed by atoms with Crippen molar-refractivity contribution in [1.82, 2.24) is 24.9 Å². The SMILES string of the molecule is C/C=C(\C)C(C)(F)F.CC.CC.CC.CC/C=C(/C)c1ncc(COc2nc(-c3c(OC)ncnc3C3CC3)ncc2OC)cc1F.CCC(C)C. The zero-order valence-corrected chi connectivity index (χ0v) is 34.7. The van der Waals surface area contributed by atoms with Crippen LogP contribution in [-0.4, -0.2) is 45.1 Å². The van der Waals surface area contributed by atoms with Crippen molar-refractivity contribution in [2.75, 3.05) is 14.2 Å². The van der Waals surface area contributed by atoms with Gasteiger partial charge in [-0.2, -0.15) is 4.98 Å². The summed E-state index contributed by atoms with van der Waals surface area (Å²) in [6.45, 7) is 26.5. The van der Waals surface area contributed by atoms with E-state index in [0.29, 0.717) is 40.2 Å². The number of hydrogen-bond donors (Lipinski definition) is 0. The van der Waals surface area contributed by atoms with Gasteiger partial charge in [0.2, 0.25) is 5.88 Å². The molecule has 0 bridgehead atoms. The van der Waals surface area contributed by atoms with E-state index in [1.165, 1.54) is 45.1 Å². The smallest absolute Gasteiger partial charge is 0.266 e. The lowest BCUT2D eigenvalue weighted by Crippen LogP contribution is -2.10. The standard InChI is InChI=1S/C24H26FN5O3.C6H10F2.C5H12.3C2H6/c1-5-6-14(2)20-17(25)9-15(10-26-20)12-33-23-18(31-3)11-27-22(30-23)19-21(16-7-8-16)28-13-29-24(19)32-4;1-4-5(2)6(3,7)8;1-4-5(2)3;3*1-2/h6,9-11,13,16H,5,7-8,12H2,1-4H3;4H,1-3H3;5H,4H2,1-3H3;3*1-2H3/b14-6-;5-4+;;;;. The fourth-order valence-corrected chi connectivity index (χ4v) is 3.79. The topological polar surface area (TPSA) is 92.1 Å². The zero-order valence-electron chi connectivity index (χ0n) is 34.7. The van der Waals surface area contributed by atoms with Gasteiger partial charge in [0, 0.05) is 24.6 Å². The number of halogens is 3. The van der Waals surface area contributed by atoms with Gasteiger partial charge in [-0.25, -0.2) is 28.1 Å². The Labute approximate surface area is 312 Å². The molecule has 1 saturated carbocycles. The summed E-state index contributed by atoms with van der Waals surface area (Å²) < 4.78 is 55.3. The largest absolute Gasteiger partial charge is 0.490 e. The van der Waals surface area contributed by atoms with E-state index in [0.717, 1.165) is 43.4 Å². The van der Waals surface area contributed by atoms with Crippen molar-refractivity contribution in [2.45, 2.75) is 141 Å². The number of allylic oxidation sites excluding steroid dienone is 4. The summed E-state index contributed by atoms with van der Waals surface area (Å²) in [6, 6.07) is 1.42. The van der Waals surface area contributed by atoms with Gasteiger partial charge in [-0.1, -0.05) is 87.8 Å². The summed E-state index contributed by atoms with van der Waals surface area (Å²) in [4.78, 5) is 21.9. The van der Waals surface area contributed by atoms with Crippen LogP contribution in [0, 0.1) is 11.7 Å². The Balaban J connectivity index is 0. The Hall–Kier alpha value is -4.02. The third-order valence-electron chi connectivity index (χ3n) is 7.26. The molecule has 1 fully saturated rings. The van der Waals surface area contributed by atoms with Crippen LogP contribution in [0.15, 0.2) is 42.5 Å². The molecule has 0 N–H and O–H groups in total. The van der Waals surface area contributed by atoms with E-state index in [-0.39, 0.29) is 18.1 Å². The molecule has 0 unspecified atom stereocenters. The van der Waals surface area contributed by atoms with Crippen LogP contribution in [0.3, 0.4) is 0 Å². The van der Waals surface area contributed by atoms with E-state index in [1.807, 2.05) is 61.5 Å². The third kappa shape index (κ3) is 17.5. The fraction of sp³-hybridized carbons (Fsp3) is 0.585. The molecule has 0 aliphatic heterocycles. The van der Waals surface area contributed by atoms with Crippen molar-refractivity contribution in [2.24, 2.45) is 5.92 Å². The average molecular weight is 734 g/mol. The Morgan fingerprint density at radius 1 is 0.923 bits per heavy atom. The van der Waals surface area contributed by atoms with E-state index < -0.39 is 11.7 Å². The van der Waals surface area contributed by atoms with Gasteiger partial charge in [0.15, 0.2) is 11.6 Å². The summed E-state index contributed by atoms with van der Waals surface area (Å²) in [5.74, 6) is -0.440. The summed E-state index contributed by atoms with van der Waals surface area (Å²) in [5.41, 5.74) is 3.33. The zero-order chi connectivity index (χ0) is 40.4. The molecule has 3 aromatic rings. The van der Waals surface area contributed by atoms with E-state index in [4.69, 9.17) is 14.2 Å². The number of rotatable bonds is 11. The maximum Gasteiger partial charge on any atom is 0.266 e. The number of nitrogens with zero attached hydrogens (tertiary/aromatic N) is 5. The molecule has 4 rings (SSSR count). The van der Waals surface area contributed by atoms with Crippen LogP contribution < -0.4 is 14.2 Å². The van der Waals surface area contributed by atoms with Gasteiger partial charge in [-0.3, -0.25) is 4.98 Å². The minimum atomic E-state index is -2.63. The second-order valence-electron chi connectivity index (χ2n) is 11.4. The Morgan fingerprint density at radius 3 is 1.94 bits per heavy atom. The van der Waals surface area contributed by atoms with Crippen molar-refractivity contribution in [1.29, 1.82) is 0 Å². The normalized spacial score (nSPS) is 12.2. The molecule has 0 amide bonds. The van der Waals surface area contributed by atoms with E-state index in [9.17, 15) is 13.2 Å². The molecule has 0 saturated heterocycles. The first kappa shape index (κ1) is 50.1. The molecule has 0 atom stereocenters. The molecule has 1 aliphatic carbocycles. The van der Waals surface area contributed by atoms with E-state index in [2.05, 4.69) is 45.7 Å². The van der Waals surface area contributed by atoms with Crippen LogP contribution in [0.4, 0.5) is 13.2 Å². The predicted molar refractivity (Wildman–Crippen MR) is 210 cm³/mol. The van der Waals surface area contributed by atoms with Crippen LogP contribution in [-0.2, 0) is 6.61 Å². The Kier molecular flexibility index (Phi) is 26.6. The van der Waals surface area contributed by atoms with Gasteiger partial charge in [-0.05, 0) is 63.2 Å². The Morgan fingerprint density at radius 2 is 1.52 bits per heavy atom. The third-order valence-corrected chi connectivity index (χ3v) is 7.26. The van der Waals surface area contributed by atoms with Crippen molar-refractivity contribution < 1.29 is 27.4 Å². The Bertz CT molecular complexity index is 1470. The lowest BCUT2D eigenvalue weighted by Gasteiger charge is -2.14. The number of hydrogen-bond acceptors (Lipinski definition) is 8. The highest BCUT2D eigenvalue weighted by Gasteiger charge is 2.31. The molecular formula is C41H66F3N5O3. The van der Waals surface area contributed by atoms with Crippen molar-refractivity contribution in [3.8, 4) is 28.9 Å². The van der Waals surface area contributed by atoms with Crippen LogP contribution in [0.2, 0.25) is 0 Å². The van der Waals surface area contributed by atoms with Crippen molar-refractivity contribution >= 4 is 5.57 Å². The number of alkyl halides is 2. The van der Waals surface area contributed by atoms with E-state index >= 15 is 0 Å². The minimum Gasteiger partial charge on any atom is -0.490 e. The molecule has 8 nitrogen and oxygen atoms in total. The molecule has 3 aromatic heterocycles. The molecule has 294 valence electrons. The first-order valence-corrected chi connectivity index (χ1v) is 18.6. The first-order valence-electron chi connectivity index (χ1n) is 18.6. The number of aromatic nitrogens is 5. The number of methoxy groups -OCH3 is 2. The second kappa shape index (κ2) is 27.6. The van der Waals surface area contributed by atoms with Crippen LogP contribution in [0.1, 0.15) is 145 Å². The highest BCUT2D eigenvalue weighted by Crippen LogP contribution is 2.45. The van der Waals surface area contributed by atoms with Gasteiger partial charge in [-0.15, -0.1) is 0 Å². The number of pyridine rings is 1. The average Bonchev–Trinajstić information content (AvgIpc) is 4.01. The summed E-state index contributed by atoms with van der Waals surface area (Å²) in [7, 11) is 3.05. The predicted octanol–water partition coefficient (Wildman–Crippen LogP) is 12.5. The minimum absolute atomic E-state index is 0.0610. The molecule has 0 spiro atoms. The summed E-state index contributed by atoms with van der Waals surface area (Å²) in [6.07, 6.45) is 12.2. The van der Waals surface area contributed by atoms with E-state index in [1.54, 1.807) is 20.2 Å². The number of ether oxygens (including phenoxy) is 3. The molecule has 0 radical (unpaired) electrons. The van der Waals surface area contributed by atoms with Crippen molar-refractivity contribution in [3.05, 3.63) is 65.3 Å². The van der Waals surface area contributed by atoms with Gasteiger partial charge in [0.05, 0.1) is 26.1 Å². The summed E-state index contributed by atoms with van der Waals surface area (Å²) >= 11 is 0. The van der Waals surface area contributed by atoms with Gasteiger partial charge in [0.1, 0.15) is 30.0 Å². The molecule has 52 heavy (non-hydrogen) atoms. The lowest BCUT2D eigenvalue weighted by atomic mass is 10.1. The van der Waals surface area contributed by atoms with Gasteiger partial charge < -0.3 is 14.2 Å². The van der Waals surface area contributed by atoms with Crippen molar-refractivity contribution in [3.63, 3.8) is 0 Å². The highest BCUT2D eigenvalue weighted by atomic mass is 19.3. The summed E-state index contributed by atoms with van der Waals surface area (Å²) in [5, 5.41) is 0. The van der Waals surface area contributed by atoms with Gasteiger partial charge in [0.25, 0.3) is 11.8 Å². The second-order valence-corrected chi connectivity index (χ2v) is 11.4.